The fourth-order valence-electron chi connectivity index (χ4n) is 3.75. The van der Waals surface area contributed by atoms with Gasteiger partial charge in [-0.3, -0.25) is 9.69 Å². The van der Waals surface area contributed by atoms with Gasteiger partial charge in [0.05, 0.1) is 6.61 Å². The number of carbonyl (C=O) groups is 1. The van der Waals surface area contributed by atoms with Crippen molar-refractivity contribution < 1.29 is 9.53 Å². The number of benzene rings is 2. The van der Waals surface area contributed by atoms with Crippen LogP contribution in [0.25, 0.3) is 0 Å². The first-order chi connectivity index (χ1) is 13.2. The number of hydrogen-bond donors (Lipinski definition) is 0. The van der Waals surface area contributed by atoms with Crippen LogP contribution < -0.4 is 4.74 Å². The van der Waals surface area contributed by atoms with Gasteiger partial charge >= 0.3 is 0 Å². The summed E-state index contributed by atoms with van der Waals surface area (Å²) in [7, 11) is 2.04. The number of ether oxygens (including phenoxy) is 1. The van der Waals surface area contributed by atoms with Crippen LogP contribution in [0.4, 0.5) is 0 Å². The molecular formula is C23H30N2O2. The van der Waals surface area contributed by atoms with Gasteiger partial charge in [0.15, 0.2) is 0 Å². The first-order valence-electron chi connectivity index (χ1n) is 9.94. The van der Waals surface area contributed by atoms with Crippen molar-refractivity contribution in [2.45, 2.75) is 38.8 Å². The largest absolute Gasteiger partial charge is 0.494 e. The number of amides is 1. The van der Waals surface area contributed by atoms with E-state index in [2.05, 4.69) is 29.2 Å². The zero-order valence-electron chi connectivity index (χ0n) is 16.4. The normalized spacial score (nSPS) is 15.6. The minimum atomic E-state index is -0.254. The Bertz CT molecular complexity index is 709. The summed E-state index contributed by atoms with van der Waals surface area (Å²) in [6.45, 7) is 5.11. The van der Waals surface area contributed by atoms with Crippen LogP contribution in [0.1, 0.15) is 43.4 Å². The molecule has 0 aromatic heterocycles. The number of carbonyl (C=O) groups excluding carboxylic acids is 1. The van der Waals surface area contributed by atoms with Crippen LogP contribution in [-0.4, -0.2) is 42.5 Å². The molecule has 1 unspecified atom stereocenters. The number of piperidine rings is 1. The second-order valence-electron chi connectivity index (χ2n) is 7.19. The zero-order valence-corrected chi connectivity index (χ0v) is 16.4. The Balaban J connectivity index is 1.77. The third-order valence-electron chi connectivity index (χ3n) is 5.12. The van der Waals surface area contributed by atoms with Crippen molar-refractivity contribution >= 4 is 5.91 Å². The van der Waals surface area contributed by atoms with Crippen LogP contribution in [0.15, 0.2) is 54.6 Å². The molecule has 27 heavy (non-hydrogen) atoms. The maximum atomic E-state index is 13.3. The maximum absolute atomic E-state index is 13.3. The van der Waals surface area contributed by atoms with Gasteiger partial charge in [0.2, 0.25) is 5.91 Å². The van der Waals surface area contributed by atoms with E-state index in [0.717, 1.165) is 37.2 Å². The van der Waals surface area contributed by atoms with Gasteiger partial charge in [0.25, 0.3) is 0 Å². The SMILES string of the molecule is CCOc1ccc(CN(C)C(C(=O)N2CCCCC2)c2ccccc2)cc1. The first-order valence-corrected chi connectivity index (χ1v) is 9.94. The van der Waals surface area contributed by atoms with Gasteiger partial charge in [-0.1, -0.05) is 42.5 Å². The lowest BCUT2D eigenvalue weighted by molar-refractivity contribution is -0.138. The van der Waals surface area contributed by atoms with Crippen LogP contribution in [0.5, 0.6) is 5.75 Å². The zero-order chi connectivity index (χ0) is 19.1. The monoisotopic (exact) mass is 366 g/mol. The average molecular weight is 367 g/mol. The number of likely N-dealkylation sites (N-methyl/N-ethyl adjacent to an activating group) is 1. The Morgan fingerprint density at radius 1 is 1.04 bits per heavy atom. The molecule has 0 bridgehead atoms. The van der Waals surface area contributed by atoms with E-state index in [9.17, 15) is 4.79 Å². The first kappa shape index (κ1) is 19.4. The lowest BCUT2D eigenvalue weighted by Crippen LogP contribution is -2.43. The molecule has 1 saturated heterocycles. The third kappa shape index (κ3) is 5.10. The van der Waals surface area contributed by atoms with Crippen LogP contribution in [-0.2, 0) is 11.3 Å². The van der Waals surface area contributed by atoms with Gasteiger partial charge in [-0.15, -0.1) is 0 Å². The molecule has 1 aliphatic rings. The smallest absolute Gasteiger partial charge is 0.244 e. The second kappa shape index (κ2) is 9.56. The summed E-state index contributed by atoms with van der Waals surface area (Å²) in [5.41, 5.74) is 2.23. The van der Waals surface area contributed by atoms with Crippen molar-refractivity contribution in [3.05, 3.63) is 65.7 Å². The van der Waals surface area contributed by atoms with E-state index in [4.69, 9.17) is 4.74 Å². The highest BCUT2D eigenvalue weighted by molar-refractivity contribution is 5.83. The molecule has 0 radical (unpaired) electrons. The van der Waals surface area contributed by atoms with E-state index in [1.165, 1.54) is 12.0 Å². The molecule has 3 rings (SSSR count). The van der Waals surface area contributed by atoms with Gasteiger partial charge in [-0.25, -0.2) is 0 Å². The molecule has 2 aromatic rings. The Morgan fingerprint density at radius 3 is 2.33 bits per heavy atom. The summed E-state index contributed by atoms with van der Waals surface area (Å²) in [6, 6.07) is 18.0. The number of rotatable bonds is 7. The maximum Gasteiger partial charge on any atom is 0.244 e. The molecule has 0 saturated carbocycles. The lowest BCUT2D eigenvalue weighted by Gasteiger charge is -2.34. The van der Waals surface area contributed by atoms with Crippen molar-refractivity contribution in [1.29, 1.82) is 0 Å². The lowest BCUT2D eigenvalue weighted by atomic mass is 10.0. The Hall–Kier alpha value is -2.33. The van der Waals surface area contributed by atoms with Crippen molar-refractivity contribution in [3.63, 3.8) is 0 Å². The Kier molecular flexibility index (Phi) is 6.88. The fourth-order valence-corrected chi connectivity index (χ4v) is 3.75. The summed E-state index contributed by atoms with van der Waals surface area (Å²) in [5, 5.41) is 0. The summed E-state index contributed by atoms with van der Waals surface area (Å²) in [4.78, 5) is 17.5. The highest BCUT2D eigenvalue weighted by Gasteiger charge is 2.30. The van der Waals surface area contributed by atoms with Crippen LogP contribution in [0.2, 0.25) is 0 Å². The molecule has 4 nitrogen and oxygen atoms in total. The molecule has 1 heterocycles. The van der Waals surface area contributed by atoms with E-state index in [0.29, 0.717) is 13.2 Å². The van der Waals surface area contributed by atoms with Gasteiger partial charge in [0.1, 0.15) is 11.8 Å². The molecule has 1 atom stereocenters. The van der Waals surface area contributed by atoms with Gasteiger partial charge in [-0.2, -0.15) is 0 Å². The fraction of sp³-hybridized carbons (Fsp3) is 0.435. The Labute approximate surface area is 162 Å². The van der Waals surface area contributed by atoms with Crippen LogP contribution in [0, 0.1) is 0 Å². The molecule has 4 heteroatoms. The standard InChI is InChI=1S/C23H30N2O2/c1-3-27-21-14-12-19(13-15-21)18-24(2)22(20-10-6-4-7-11-20)23(26)25-16-8-5-9-17-25/h4,6-7,10-15,22H,3,5,8-9,16-18H2,1-2H3. The second-order valence-corrected chi connectivity index (χ2v) is 7.19. The van der Waals surface area contributed by atoms with E-state index in [1.54, 1.807) is 0 Å². The van der Waals surface area contributed by atoms with E-state index >= 15 is 0 Å². The quantitative estimate of drug-likeness (QED) is 0.734. The highest BCUT2D eigenvalue weighted by Crippen LogP contribution is 2.26. The van der Waals surface area contributed by atoms with Crippen molar-refractivity contribution in [1.82, 2.24) is 9.80 Å². The molecule has 1 fully saturated rings. The summed E-state index contributed by atoms with van der Waals surface area (Å²) in [6.07, 6.45) is 3.44. The van der Waals surface area contributed by atoms with Crippen molar-refractivity contribution in [3.8, 4) is 5.75 Å². The van der Waals surface area contributed by atoms with Crippen LogP contribution >= 0.6 is 0 Å². The third-order valence-corrected chi connectivity index (χ3v) is 5.12. The number of likely N-dealkylation sites (tertiary alicyclic amines) is 1. The predicted molar refractivity (Wildman–Crippen MR) is 109 cm³/mol. The predicted octanol–water partition coefficient (Wildman–Crippen LogP) is 4.27. The van der Waals surface area contributed by atoms with Crippen molar-refractivity contribution in [2.24, 2.45) is 0 Å². The molecule has 1 aliphatic heterocycles. The molecule has 1 amide bonds. The molecule has 0 spiro atoms. The van der Waals surface area contributed by atoms with Crippen LogP contribution in [0.3, 0.4) is 0 Å². The molecule has 0 aliphatic carbocycles. The van der Waals surface area contributed by atoms with E-state index in [-0.39, 0.29) is 11.9 Å². The van der Waals surface area contributed by atoms with E-state index < -0.39 is 0 Å². The van der Waals surface area contributed by atoms with Gasteiger partial charge in [0, 0.05) is 19.6 Å². The number of hydrogen-bond acceptors (Lipinski definition) is 3. The highest BCUT2D eigenvalue weighted by atomic mass is 16.5. The molecule has 144 valence electrons. The molecular weight excluding hydrogens is 336 g/mol. The summed E-state index contributed by atoms with van der Waals surface area (Å²) in [5.74, 6) is 1.10. The molecule has 2 aromatic carbocycles. The number of nitrogens with zero attached hydrogens (tertiary/aromatic N) is 2. The summed E-state index contributed by atoms with van der Waals surface area (Å²) >= 11 is 0. The Morgan fingerprint density at radius 2 is 1.70 bits per heavy atom. The van der Waals surface area contributed by atoms with Gasteiger partial charge in [-0.05, 0) is 56.5 Å². The molecule has 0 N–H and O–H groups in total. The summed E-state index contributed by atoms with van der Waals surface area (Å²) < 4.78 is 5.53. The minimum Gasteiger partial charge on any atom is -0.494 e. The average Bonchev–Trinajstić information content (AvgIpc) is 2.71. The topological polar surface area (TPSA) is 32.8 Å². The van der Waals surface area contributed by atoms with Gasteiger partial charge < -0.3 is 9.64 Å². The van der Waals surface area contributed by atoms with E-state index in [1.807, 2.05) is 49.2 Å². The minimum absolute atomic E-state index is 0.217. The van der Waals surface area contributed by atoms with Crippen molar-refractivity contribution in [2.75, 3.05) is 26.7 Å².